The molecule has 1 aromatic carbocycles. The Balaban J connectivity index is 1.80. The maximum Gasteiger partial charge on any atom is 0.115 e. The number of benzene rings is 1. The number of rotatable bonds is 6. The van der Waals surface area contributed by atoms with Gasteiger partial charge in [0.25, 0.3) is 0 Å². The SMILES string of the molecule is CC(CC(O)c1cccs1)NCc1cccc(O)c1. The van der Waals surface area contributed by atoms with Crippen molar-refractivity contribution >= 4 is 11.3 Å². The van der Waals surface area contributed by atoms with Gasteiger partial charge in [0.2, 0.25) is 0 Å². The zero-order valence-electron chi connectivity index (χ0n) is 10.9. The van der Waals surface area contributed by atoms with Crippen molar-refractivity contribution < 1.29 is 10.2 Å². The molecular weight excluding hydrogens is 258 g/mol. The Labute approximate surface area is 117 Å². The fourth-order valence-electron chi connectivity index (χ4n) is 1.97. The van der Waals surface area contributed by atoms with Crippen molar-refractivity contribution in [3.63, 3.8) is 0 Å². The van der Waals surface area contributed by atoms with Gasteiger partial charge in [-0.25, -0.2) is 0 Å². The first-order valence-corrected chi connectivity index (χ1v) is 7.26. The number of aliphatic hydroxyl groups excluding tert-OH is 1. The van der Waals surface area contributed by atoms with Gasteiger partial charge in [0.15, 0.2) is 0 Å². The van der Waals surface area contributed by atoms with Crippen molar-refractivity contribution in [2.75, 3.05) is 0 Å². The summed E-state index contributed by atoms with van der Waals surface area (Å²) in [5.74, 6) is 0.283. The molecule has 0 saturated carbocycles. The highest BCUT2D eigenvalue weighted by atomic mass is 32.1. The van der Waals surface area contributed by atoms with Gasteiger partial charge in [-0.3, -0.25) is 0 Å². The van der Waals surface area contributed by atoms with Crippen molar-refractivity contribution in [1.82, 2.24) is 5.32 Å². The van der Waals surface area contributed by atoms with Crippen LogP contribution in [0.15, 0.2) is 41.8 Å². The van der Waals surface area contributed by atoms with Crippen LogP contribution >= 0.6 is 11.3 Å². The summed E-state index contributed by atoms with van der Waals surface area (Å²) in [6, 6.07) is 11.3. The summed E-state index contributed by atoms with van der Waals surface area (Å²) in [5.41, 5.74) is 1.04. The number of thiophene rings is 1. The molecule has 0 amide bonds. The number of aromatic hydroxyl groups is 1. The molecule has 1 heterocycles. The van der Waals surface area contributed by atoms with Crippen LogP contribution in [0, 0.1) is 0 Å². The second kappa shape index (κ2) is 6.70. The second-order valence-corrected chi connectivity index (χ2v) is 5.70. The van der Waals surface area contributed by atoms with E-state index in [1.807, 2.05) is 29.6 Å². The highest BCUT2D eigenvalue weighted by molar-refractivity contribution is 7.10. The summed E-state index contributed by atoms with van der Waals surface area (Å²) >= 11 is 1.58. The van der Waals surface area contributed by atoms with Crippen molar-refractivity contribution in [2.45, 2.75) is 32.0 Å². The predicted octanol–water partition coefficient (Wildman–Crippen LogP) is 3.06. The quantitative estimate of drug-likeness (QED) is 0.760. The first-order valence-electron chi connectivity index (χ1n) is 6.38. The molecule has 2 aromatic rings. The Hall–Kier alpha value is -1.36. The molecule has 0 saturated heterocycles. The first kappa shape index (κ1) is 14.1. The molecule has 0 aliphatic heterocycles. The summed E-state index contributed by atoms with van der Waals surface area (Å²) in [7, 11) is 0. The number of hydrogen-bond acceptors (Lipinski definition) is 4. The van der Waals surface area contributed by atoms with Crippen LogP contribution in [0.5, 0.6) is 5.75 Å². The molecule has 3 nitrogen and oxygen atoms in total. The number of hydrogen-bond donors (Lipinski definition) is 3. The molecule has 2 atom stereocenters. The van der Waals surface area contributed by atoms with Crippen LogP contribution < -0.4 is 5.32 Å². The molecule has 2 unspecified atom stereocenters. The Bertz CT molecular complexity index is 499. The lowest BCUT2D eigenvalue weighted by Gasteiger charge is -2.17. The molecule has 2 rings (SSSR count). The molecule has 1 aromatic heterocycles. The van der Waals surface area contributed by atoms with Crippen LogP contribution in [0.4, 0.5) is 0 Å². The summed E-state index contributed by atoms with van der Waals surface area (Å²) in [4.78, 5) is 1.01. The zero-order chi connectivity index (χ0) is 13.7. The van der Waals surface area contributed by atoms with E-state index < -0.39 is 6.10 Å². The molecule has 0 bridgehead atoms. The van der Waals surface area contributed by atoms with Crippen LogP contribution in [-0.2, 0) is 6.54 Å². The molecule has 102 valence electrons. The fourth-order valence-corrected chi connectivity index (χ4v) is 2.70. The molecule has 4 heteroatoms. The van der Waals surface area contributed by atoms with Crippen LogP contribution in [0.2, 0.25) is 0 Å². The van der Waals surface area contributed by atoms with Gasteiger partial charge in [0.1, 0.15) is 5.75 Å². The van der Waals surface area contributed by atoms with Crippen molar-refractivity contribution in [3.8, 4) is 5.75 Å². The summed E-state index contributed by atoms with van der Waals surface area (Å²) < 4.78 is 0. The van der Waals surface area contributed by atoms with Crippen molar-refractivity contribution in [3.05, 3.63) is 52.2 Å². The Morgan fingerprint density at radius 2 is 2.11 bits per heavy atom. The topological polar surface area (TPSA) is 52.5 Å². The summed E-state index contributed by atoms with van der Waals surface area (Å²) in [6.45, 7) is 2.74. The largest absolute Gasteiger partial charge is 0.508 e. The summed E-state index contributed by atoms with van der Waals surface area (Å²) in [5, 5.41) is 24.8. The van der Waals surface area contributed by atoms with E-state index in [0.717, 1.165) is 10.4 Å². The van der Waals surface area contributed by atoms with E-state index in [9.17, 15) is 10.2 Å². The van der Waals surface area contributed by atoms with Gasteiger partial charge >= 0.3 is 0 Å². The lowest BCUT2D eigenvalue weighted by atomic mass is 10.1. The zero-order valence-corrected chi connectivity index (χ0v) is 11.7. The van der Waals surface area contributed by atoms with Crippen LogP contribution in [0.1, 0.15) is 29.9 Å². The maximum absolute atomic E-state index is 10.1. The number of aliphatic hydroxyl groups is 1. The van der Waals surface area contributed by atoms with Gasteiger partial charge in [0, 0.05) is 17.5 Å². The van der Waals surface area contributed by atoms with Gasteiger partial charge in [-0.15, -0.1) is 11.3 Å². The molecule has 0 spiro atoms. The maximum atomic E-state index is 10.1. The molecule has 0 radical (unpaired) electrons. The van der Waals surface area contributed by atoms with E-state index in [4.69, 9.17) is 0 Å². The Morgan fingerprint density at radius 3 is 2.79 bits per heavy atom. The third-order valence-corrected chi connectivity index (χ3v) is 3.99. The van der Waals surface area contributed by atoms with Crippen LogP contribution in [0.3, 0.4) is 0 Å². The minimum Gasteiger partial charge on any atom is -0.508 e. The lowest BCUT2D eigenvalue weighted by molar-refractivity contribution is 0.157. The third kappa shape index (κ3) is 4.35. The van der Waals surface area contributed by atoms with Crippen LogP contribution in [-0.4, -0.2) is 16.3 Å². The highest BCUT2D eigenvalue weighted by Gasteiger charge is 2.12. The number of nitrogens with one attached hydrogen (secondary N) is 1. The monoisotopic (exact) mass is 277 g/mol. The normalized spacial score (nSPS) is 14.2. The first-order chi connectivity index (χ1) is 9.15. The third-order valence-electron chi connectivity index (χ3n) is 3.01. The van der Waals surface area contributed by atoms with E-state index in [0.29, 0.717) is 13.0 Å². The van der Waals surface area contributed by atoms with Gasteiger partial charge in [-0.05, 0) is 42.5 Å². The minimum absolute atomic E-state index is 0.208. The lowest BCUT2D eigenvalue weighted by Crippen LogP contribution is -2.27. The van der Waals surface area contributed by atoms with Gasteiger partial charge in [-0.1, -0.05) is 18.2 Å². The average Bonchev–Trinajstić information content (AvgIpc) is 2.90. The van der Waals surface area contributed by atoms with E-state index in [-0.39, 0.29) is 11.8 Å². The van der Waals surface area contributed by atoms with Crippen LogP contribution in [0.25, 0.3) is 0 Å². The smallest absolute Gasteiger partial charge is 0.115 e. The van der Waals surface area contributed by atoms with Gasteiger partial charge in [0.05, 0.1) is 6.10 Å². The molecular formula is C15H19NO2S. The van der Waals surface area contributed by atoms with Crippen molar-refractivity contribution in [2.24, 2.45) is 0 Å². The molecule has 19 heavy (non-hydrogen) atoms. The Morgan fingerprint density at radius 1 is 1.26 bits per heavy atom. The fraction of sp³-hybridized carbons (Fsp3) is 0.333. The Kier molecular flexibility index (Phi) is 4.96. The van der Waals surface area contributed by atoms with E-state index >= 15 is 0 Å². The predicted molar refractivity (Wildman–Crippen MR) is 78.3 cm³/mol. The molecule has 0 fully saturated rings. The standard InChI is InChI=1S/C15H19NO2S/c1-11(8-14(18)15-6-3-7-19-15)16-10-12-4-2-5-13(17)9-12/h2-7,9,11,14,16-18H,8,10H2,1H3. The molecule has 3 N–H and O–H groups in total. The van der Waals surface area contributed by atoms with Gasteiger partial charge < -0.3 is 15.5 Å². The summed E-state index contributed by atoms with van der Waals surface area (Å²) in [6.07, 6.45) is 0.269. The molecule has 0 aliphatic rings. The number of phenolic OH excluding ortho intramolecular Hbond substituents is 1. The molecule has 0 aliphatic carbocycles. The highest BCUT2D eigenvalue weighted by Crippen LogP contribution is 2.23. The van der Waals surface area contributed by atoms with Gasteiger partial charge in [-0.2, -0.15) is 0 Å². The average molecular weight is 277 g/mol. The minimum atomic E-state index is -0.410. The van der Waals surface area contributed by atoms with E-state index in [1.165, 1.54) is 0 Å². The van der Waals surface area contributed by atoms with E-state index in [2.05, 4.69) is 12.2 Å². The van der Waals surface area contributed by atoms with E-state index in [1.54, 1.807) is 23.5 Å². The number of phenols is 1. The van der Waals surface area contributed by atoms with Crippen molar-refractivity contribution in [1.29, 1.82) is 0 Å². The second-order valence-electron chi connectivity index (χ2n) is 4.72.